The summed E-state index contributed by atoms with van der Waals surface area (Å²) in [6.45, 7) is 0. The predicted molar refractivity (Wildman–Crippen MR) is 38.1 cm³/mol. The number of hydrogen-bond donors (Lipinski definition) is 2. The SMILES string of the molecule is NNC(=O)c1ccccc1.[Pt]. The summed E-state index contributed by atoms with van der Waals surface area (Å²) in [6.07, 6.45) is 0. The Morgan fingerprint density at radius 2 is 1.82 bits per heavy atom. The number of rotatable bonds is 1. The molecule has 0 atom stereocenters. The summed E-state index contributed by atoms with van der Waals surface area (Å²) in [6, 6.07) is 8.80. The van der Waals surface area contributed by atoms with Crippen LogP contribution < -0.4 is 11.3 Å². The fraction of sp³-hybridized carbons (Fsp3) is 0. The van der Waals surface area contributed by atoms with Gasteiger partial charge in [0.2, 0.25) is 0 Å². The van der Waals surface area contributed by atoms with Gasteiger partial charge in [0.25, 0.3) is 5.91 Å². The molecule has 0 aliphatic rings. The number of hydrogen-bond acceptors (Lipinski definition) is 2. The van der Waals surface area contributed by atoms with E-state index < -0.39 is 0 Å². The molecule has 1 rings (SSSR count). The third kappa shape index (κ3) is 2.83. The number of nitrogen functional groups attached to an aromatic ring is 1. The first-order chi connectivity index (χ1) is 4.84. The second-order valence-electron chi connectivity index (χ2n) is 1.84. The Balaban J connectivity index is 0.000001000. The van der Waals surface area contributed by atoms with Crippen LogP contribution in [0.25, 0.3) is 0 Å². The van der Waals surface area contributed by atoms with Crippen LogP contribution in [0.4, 0.5) is 0 Å². The van der Waals surface area contributed by atoms with Crippen LogP contribution in [0.2, 0.25) is 0 Å². The summed E-state index contributed by atoms with van der Waals surface area (Å²) in [4.78, 5) is 10.8. The Bertz CT molecular complexity index is 225. The van der Waals surface area contributed by atoms with Crippen LogP contribution >= 0.6 is 0 Å². The summed E-state index contributed by atoms with van der Waals surface area (Å²) in [5, 5.41) is 0. The quantitative estimate of drug-likeness (QED) is 0.441. The van der Waals surface area contributed by atoms with Crippen LogP contribution in [-0.2, 0) is 21.1 Å². The van der Waals surface area contributed by atoms with Crippen LogP contribution in [0.1, 0.15) is 10.4 Å². The Morgan fingerprint density at radius 3 is 2.27 bits per heavy atom. The largest absolute Gasteiger partial charge is 0.290 e. The van der Waals surface area contributed by atoms with Crippen LogP contribution in [0.15, 0.2) is 30.3 Å². The Kier molecular flexibility index (Phi) is 4.75. The van der Waals surface area contributed by atoms with E-state index in [0.717, 1.165) is 0 Å². The molecule has 0 spiro atoms. The van der Waals surface area contributed by atoms with Crippen molar-refractivity contribution in [2.24, 2.45) is 5.84 Å². The first-order valence-electron chi connectivity index (χ1n) is 2.90. The van der Waals surface area contributed by atoms with Crippen molar-refractivity contribution < 1.29 is 25.9 Å². The minimum absolute atomic E-state index is 0. The molecule has 4 heteroatoms. The zero-order valence-electron chi connectivity index (χ0n) is 5.69. The standard InChI is InChI=1S/C7H8N2O.Pt/c8-9-7(10)6-4-2-1-3-5-6;/h1-5H,8H2,(H,9,10);. The maximum atomic E-state index is 10.8. The van der Waals surface area contributed by atoms with Gasteiger partial charge in [-0.05, 0) is 12.1 Å². The van der Waals surface area contributed by atoms with Gasteiger partial charge in [-0.3, -0.25) is 10.2 Å². The van der Waals surface area contributed by atoms with E-state index in [2.05, 4.69) is 0 Å². The van der Waals surface area contributed by atoms with E-state index in [1.54, 1.807) is 24.3 Å². The fourth-order valence-corrected chi connectivity index (χ4v) is 0.673. The minimum Gasteiger partial charge on any atom is -0.290 e. The maximum Gasteiger partial charge on any atom is 0.265 e. The van der Waals surface area contributed by atoms with Gasteiger partial charge in [-0.1, -0.05) is 18.2 Å². The number of carbonyl (C=O) groups is 1. The van der Waals surface area contributed by atoms with E-state index in [1.165, 1.54) is 0 Å². The van der Waals surface area contributed by atoms with Gasteiger partial charge in [-0.25, -0.2) is 5.84 Å². The van der Waals surface area contributed by atoms with Crippen molar-refractivity contribution >= 4 is 5.91 Å². The monoisotopic (exact) mass is 331 g/mol. The minimum atomic E-state index is -0.263. The molecule has 62 valence electrons. The molecule has 1 aromatic carbocycles. The average Bonchev–Trinajstić information content (AvgIpc) is 2.05. The summed E-state index contributed by atoms with van der Waals surface area (Å²) < 4.78 is 0. The molecule has 3 nitrogen and oxygen atoms in total. The van der Waals surface area contributed by atoms with Crippen molar-refractivity contribution in [3.8, 4) is 0 Å². The number of nitrogens with one attached hydrogen (secondary N) is 1. The molecule has 11 heavy (non-hydrogen) atoms. The second kappa shape index (κ2) is 5.05. The van der Waals surface area contributed by atoms with Gasteiger partial charge in [-0.2, -0.15) is 0 Å². The van der Waals surface area contributed by atoms with Crippen LogP contribution in [-0.4, -0.2) is 5.91 Å². The zero-order valence-corrected chi connectivity index (χ0v) is 7.96. The molecule has 3 N–H and O–H groups in total. The van der Waals surface area contributed by atoms with E-state index >= 15 is 0 Å². The van der Waals surface area contributed by atoms with Gasteiger partial charge >= 0.3 is 0 Å². The summed E-state index contributed by atoms with van der Waals surface area (Å²) in [5.41, 5.74) is 2.62. The molecular weight excluding hydrogens is 323 g/mol. The van der Waals surface area contributed by atoms with Gasteiger partial charge in [0, 0.05) is 26.6 Å². The van der Waals surface area contributed by atoms with Gasteiger partial charge < -0.3 is 0 Å². The van der Waals surface area contributed by atoms with E-state index in [9.17, 15) is 4.79 Å². The Morgan fingerprint density at radius 1 is 1.27 bits per heavy atom. The van der Waals surface area contributed by atoms with Crippen molar-refractivity contribution in [3.05, 3.63) is 35.9 Å². The maximum absolute atomic E-state index is 10.8. The molecule has 0 saturated heterocycles. The number of nitrogens with two attached hydrogens (primary N) is 1. The number of benzene rings is 1. The molecule has 0 unspecified atom stereocenters. The molecule has 1 aromatic rings. The van der Waals surface area contributed by atoms with Gasteiger partial charge in [0.05, 0.1) is 0 Å². The molecule has 0 saturated carbocycles. The molecule has 0 aliphatic heterocycles. The van der Waals surface area contributed by atoms with Crippen LogP contribution in [0, 0.1) is 0 Å². The third-order valence-corrected chi connectivity index (χ3v) is 1.17. The zero-order chi connectivity index (χ0) is 7.40. The molecule has 1 amide bonds. The first-order valence-corrected chi connectivity index (χ1v) is 2.90. The molecule has 0 heterocycles. The Hall–Kier alpha value is -0.662. The second-order valence-corrected chi connectivity index (χ2v) is 1.84. The first kappa shape index (κ1) is 10.3. The summed E-state index contributed by atoms with van der Waals surface area (Å²) >= 11 is 0. The molecule has 0 aliphatic carbocycles. The van der Waals surface area contributed by atoms with E-state index in [0.29, 0.717) is 5.56 Å². The molecular formula is C7H8N2OPt. The van der Waals surface area contributed by atoms with E-state index in [-0.39, 0.29) is 27.0 Å². The average molecular weight is 331 g/mol. The van der Waals surface area contributed by atoms with Crippen molar-refractivity contribution in [2.45, 2.75) is 0 Å². The van der Waals surface area contributed by atoms with Gasteiger partial charge in [0.1, 0.15) is 0 Å². The van der Waals surface area contributed by atoms with Gasteiger partial charge in [-0.15, -0.1) is 0 Å². The molecule has 0 radical (unpaired) electrons. The topological polar surface area (TPSA) is 55.1 Å². The van der Waals surface area contributed by atoms with E-state index in [4.69, 9.17) is 5.84 Å². The number of hydrazine groups is 1. The van der Waals surface area contributed by atoms with Crippen molar-refractivity contribution in [1.29, 1.82) is 0 Å². The number of amides is 1. The fourth-order valence-electron chi connectivity index (χ4n) is 0.673. The van der Waals surface area contributed by atoms with Crippen molar-refractivity contribution in [1.82, 2.24) is 5.43 Å². The van der Waals surface area contributed by atoms with Crippen LogP contribution in [0.3, 0.4) is 0 Å². The summed E-state index contributed by atoms with van der Waals surface area (Å²) in [5.74, 6) is 4.64. The Labute approximate surface area is 79.2 Å². The van der Waals surface area contributed by atoms with Crippen molar-refractivity contribution in [2.75, 3.05) is 0 Å². The number of carbonyl (C=O) groups excluding carboxylic acids is 1. The van der Waals surface area contributed by atoms with Gasteiger partial charge in [0.15, 0.2) is 0 Å². The normalized spacial score (nSPS) is 8.09. The predicted octanol–water partition coefficient (Wildman–Crippen LogP) is 0.288. The summed E-state index contributed by atoms with van der Waals surface area (Å²) in [7, 11) is 0. The smallest absolute Gasteiger partial charge is 0.265 e. The molecule has 0 fully saturated rings. The van der Waals surface area contributed by atoms with Crippen molar-refractivity contribution in [3.63, 3.8) is 0 Å². The van der Waals surface area contributed by atoms with E-state index in [1.807, 2.05) is 11.5 Å². The molecule has 0 bridgehead atoms. The third-order valence-electron chi connectivity index (χ3n) is 1.17. The van der Waals surface area contributed by atoms with Crippen LogP contribution in [0.5, 0.6) is 0 Å². The molecule has 0 aromatic heterocycles.